The third-order valence-corrected chi connectivity index (χ3v) is 5.32. The molecule has 11 heteroatoms. The maximum atomic E-state index is 12.6. The summed E-state index contributed by atoms with van der Waals surface area (Å²) in [7, 11) is -3.71. The Morgan fingerprint density at radius 2 is 1.89 bits per heavy atom. The molecular formula is C16H20N4O6S. The lowest BCUT2D eigenvalue weighted by atomic mass is 10.2. The van der Waals surface area contributed by atoms with Crippen molar-refractivity contribution in [1.29, 1.82) is 0 Å². The zero-order valence-corrected chi connectivity index (χ0v) is 15.8. The summed E-state index contributed by atoms with van der Waals surface area (Å²) in [6.07, 6.45) is 2.43. The molecule has 1 aliphatic heterocycles. The van der Waals surface area contributed by atoms with Gasteiger partial charge in [-0.1, -0.05) is 5.16 Å². The number of carbonyl (C=O) groups is 2. The van der Waals surface area contributed by atoms with Gasteiger partial charge in [0.1, 0.15) is 12.3 Å². The van der Waals surface area contributed by atoms with Crippen molar-refractivity contribution in [2.75, 3.05) is 43.3 Å². The molecule has 0 spiro atoms. The van der Waals surface area contributed by atoms with Crippen molar-refractivity contribution in [1.82, 2.24) is 15.0 Å². The summed E-state index contributed by atoms with van der Waals surface area (Å²) in [4.78, 5) is 28.0. The molecule has 10 nitrogen and oxygen atoms in total. The molecule has 1 saturated heterocycles. The third kappa shape index (κ3) is 4.30. The van der Waals surface area contributed by atoms with Crippen LogP contribution >= 0.6 is 0 Å². The Hall–Kier alpha value is -2.82. The van der Waals surface area contributed by atoms with Crippen molar-refractivity contribution >= 4 is 27.7 Å². The summed E-state index contributed by atoms with van der Waals surface area (Å²) in [6.45, 7) is 2.55. The Labute approximate surface area is 156 Å². The van der Waals surface area contributed by atoms with Gasteiger partial charge in [-0.2, -0.15) is 0 Å². The highest BCUT2D eigenvalue weighted by Gasteiger charge is 2.30. The number of sulfonamides is 1. The number of nitrogens with zero attached hydrogens (tertiary/aromatic N) is 4. The number of anilines is 1. The van der Waals surface area contributed by atoms with Gasteiger partial charge < -0.3 is 18.7 Å². The lowest BCUT2D eigenvalue weighted by Crippen LogP contribution is -2.53. The predicted molar refractivity (Wildman–Crippen MR) is 94.6 cm³/mol. The summed E-state index contributed by atoms with van der Waals surface area (Å²) >= 11 is 0. The minimum Gasteiger partial charge on any atom is -0.459 e. The first-order valence-corrected chi connectivity index (χ1v) is 10.1. The largest absolute Gasteiger partial charge is 0.459 e. The van der Waals surface area contributed by atoms with Crippen molar-refractivity contribution in [3.8, 4) is 0 Å². The van der Waals surface area contributed by atoms with Gasteiger partial charge in [-0.25, -0.2) is 12.7 Å². The van der Waals surface area contributed by atoms with E-state index in [4.69, 9.17) is 8.94 Å². The molecule has 1 aliphatic rings. The van der Waals surface area contributed by atoms with Crippen molar-refractivity contribution in [3.63, 3.8) is 0 Å². The SMILES string of the molecule is Cc1cc(N(CC(=O)N2CCN(C(=O)c3ccco3)CC2)S(C)(=O)=O)no1. The second-order valence-corrected chi connectivity index (χ2v) is 8.12. The fourth-order valence-corrected chi connectivity index (χ4v) is 3.55. The minimum absolute atomic E-state index is 0.0648. The van der Waals surface area contributed by atoms with Gasteiger partial charge in [-0.05, 0) is 19.1 Å². The molecule has 0 bridgehead atoms. The first-order valence-electron chi connectivity index (χ1n) is 8.27. The van der Waals surface area contributed by atoms with E-state index in [1.54, 1.807) is 24.0 Å². The van der Waals surface area contributed by atoms with E-state index in [1.165, 1.54) is 17.2 Å². The lowest BCUT2D eigenvalue weighted by molar-refractivity contribution is -0.131. The van der Waals surface area contributed by atoms with Gasteiger partial charge in [0.2, 0.25) is 15.9 Å². The van der Waals surface area contributed by atoms with E-state index in [0.717, 1.165) is 10.6 Å². The topological polar surface area (TPSA) is 117 Å². The van der Waals surface area contributed by atoms with Crippen LogP contribution in [0.2, 0.25) is 0 Å². The monoisotopic (exact) mass is 396 g/mol. The first kappa shape index (κ1) is 19.0. The second kappa shape index (κ2) is 7.43. The number of amides is 2. The molecule has 3 heterocycles. The molecule has 0 atom stereocenters. The zero-order valence-electron chi connectivity index (χ0n) is 15.0. The average molecular weight is 396 g/mol. The molecule has 146 valence electrons. The molecule has 0 saturated carbocycles. The summed E-state index contributed by atoms with van der Waals surface area (Å²) in [6, 6.07) is 4.68. The molecule has 2 amide bonds. The molecule has 27 heavy (non-hydrogen) atoms. The van der Waals surface area contributed by atoms with E-state index >= 15 is 0 Å². The zero-order chi connectivity index (χ0) is 19.6. The Balaban J connectivity index is 1.62. The molecule has 2 aromatic heterocycles. The van der Waals surface area contributed by atoms with Crippen LogP contribution in [0.3, 0.4) is 0 Å². The van der Waals surface area contributed by atoms with Crippen molar-refractivity contribution in [2.24, 2.45) is 0 Å². The number of furan rings is 1. The predicted octanol–water partition coefficient (Wildman–Crippen LogP) is 0.327. The number of hydrogen-bond donors (Lipinski definition) is 0. The van der Waals surface area contributed by atoms with Gasteiger partial charge >= 0.3 is 0 Å². The molecule has 3 rings (SSSR count). The molecule has 2 aromatic rings. The Kier molecular flexibility index (Phi) is 5.22. The number of rotatable bonds is 5. The van der Waals surface area contributed by atoms with E-state index in [1.807, 2.05) is 0 Å². The summed E-state index contributed by atoms with van der Waals surface area (Å²) in [5.41, 5.74) is 0. The van der Waals surface area contributed by atoms with Gasteiger partial charge in [0.25, 0.3) is 5.91 Å². The minimum atomic E-state index is -3.71. The molecule has 1 fully saturated rings. The summed E-state index contributed by atoms with van der Waals surface area (Å²) in [5, 5.41) is 3.68. The Bertz CT molecular complexity index is 913. The summed E-state index contributed by atoms with van der Waals surface area (Å²) in [5.74, 6) is 0.152. The number of carbonyl (C=O) groups excluding carboxylic acids is 2. The molecule has 0 radical (unpaired) electrons. The Morgan fingerprint density at radius 3 is 2.41 bits per heavy atom. The molecular weight excluding hydrogens is 376 g/mol. The van der Waals surface area contributed by atoms with Gasteiger partial charge in [-0.15, -0.1) is 0 Å². The van der Waals surface area contributed by atoms with Crippen LogP contribution in [0.5, 0.6) is 0 Å². The van der Waals surface area contributed by atoms with Gasteiger partial charge in [0, 0.05) is 32.2 Å². The van der Waals surface area contributed by atoms with E-state index < -0.39 is 10.0 Å². The number of hydrogen-bond acceptors (Lipinski definition) is 7. The molecule has 0 aliphatic carbocycles. The van der Waals surface area contributed by atoms with Crippen LogP contribution in [-0.4, -0.2) is 74.2 Å². The second-order valence-electron chi connectivity index (χ2n) is 6.22. The Morgan fingerprint density at radius 1 is 1.22 bits per heavy atom. The fraction of sp³-hybridized carbons (Fsp3) is 0.438. The van der Waals surface area contributed by atoms with Crippen molar-refractivity contribution in [3.05, 3.63) is 36.0 Å². The van der Waals surface area contributed by atoms with Gasteiger partial charge in [0.15, 0.2) is 11.6 Å². The summed E-state index contributed by atoms with van der Waals surface area (Å²) < 4.78 is 35.0. The van der Waals surface area contributed by atoms with Crippen LogP contribution in [-0.2, 0) is 14.8 Å². The smallest absolute Gasteiger partial charge is 0.289 e. The van der Waals surface area contributed by atoms with Crippen LogP contribution in [0.4, 0.5) is 5.82 Å². The maximum Gasteiger partial charge on any atom is 0.289 e. The third-order valence-electron chi connectivity index (χ3n) is 4.20. The quantitative estimate of drug-likeness (QED) is 0.715. The van der Waals surface area contributed by atoms with E-state index in [0.29, 0.717) is 31.9 Å². The highest BCUT2D eigenvalue weighted by Crippen LogP contribution is 2.18. The number of piperazine rings is 1. The van der Waals surface area contributed by atoms with Crippen LogP contribution in [0.15, 0.2) is 33.4 Å². The van der Waals surface area contributed by atoms with E-state index in [-0.39, 0.29) is 29.9 Å². The van der Waals surface area contributed by atoms with Crippen molar-refractivity contribution < 1.29 is 26.9 Å². The van der Waals surface area contributed by atoms with Crippen LogP contribution in [0.1, 0.15) is 16.3 Å². The highest BCUT2D eigenvalue weighted by atomic mass is 32.2. The van der Waals surface area contributed by atoms with E-state index in [2.05, 4.69) is 5.16 Å². The van der Waals surface area contributed by atoms with Gasteiger partial charge in [-0.3, -0.25) is 9.59 Å². The average Bonchev–Trinajstić information content (AvgIpc) is 3.29. The first-order chi connectivity index (χ1) is 12.8. The van der Waals surface area contributed by atoms with E-state index in [9.17, 15) is 18.0 Å². The van der Waals surface area contributed by atoms with Crippen molar-refractivity contribution in [2.45, 2.75) is 6.92 Å². The van der Waals surface area contributed by atoms with Crippen LogP contribution in [0.25, 0.3) is 0 Å². The lowest BCUT2D eigenvalue weighted by Gasteiger charge is -2.35. The number of aryl methyl sites for hydroxylation is 1. The molecule has 0 aromatic carbocycles. The van der Waals surface area contributed by atoms with Crippen LogP contribution in [0, 0.1) is 6.92 Å². The fourth-order valence-electron chi connectivity index (χ4n) is 2.78. The normalized spacial score (nSPS) is 15.0. The highest BCUT2D eigenvalue weighted by molar-refractivity contribution is 7.92. The molecule has 0 N–H and O–H groups in total. The molecule has 0 unspecified atom stereocenters. The standard InChI is InChI=1S/C16H20N4O6S/c1-12-10-14(17-26-12)20(27(2,23)24)11-15(21)18-5-7-19(8-6-18)16(22)13-4-3-9-25-13/h3-4,9-10H,5-8,11H2,1-2H3. The number of aromatic nitrogens is 1. The van der Waals surface area contributed by atoms with Crippen LogP contribution < -0.4 is 4.31 Å². The maximum absolute atomic E-state index is 12.6. The van der Waals surface area contributed by atoms with Gasteiger partial charge in [0.05, 0.1) is 12.5 Å².